The number of amides is 4. The normalized spacial score (nSPS) is 18.6. The van der Waals surface area contributed by atoms with Gasteiger partial charge in [-0.25, -0.2) is 9.59 Å². The molecule has 1 heterocycles. The third-order valence-corrected chi connectivity index (χ3v) is 4.49. The second-order valence-electron chi connectivity index (χ2n) is 7.17. The third-order valence-electron chi connectivity index (χ3n) is 4.49. The number of esters is 1. The summed E-state index contributed by atoms with van der Waals surface area (Å²) in [6.45, 7) is 2.04. The Morgan fingerprint density at radius 3 is 2.26 bits per heavy atom. The van der Waals surface area contributed by atoms with E-state index in [-0.39, 0.29) is 25.0 Å². The Kier molecular flexibility index (Phi) is 12.0. The summed E-state index contributed by atoms with van der Waals surface area (Å²) in [4.78, 5) is 56.5. The van der Waals surface area contributed by atoms with Crippen LogP contribution in [0.4, 0.5) is 4.79 Å². The first kappa shape index (κ1) is 28.3. The van der Waals surface area contributed by atoms with E-state index in [9.17, 15) is 29.1 Å². The van der Waals surface area contributed by atoms with Crippen LogP contribution in [0.5, 0.6) is 0 Å². The fourth-order valence-electron chi connectivity index (χ4n) is 2.52. The Morgan fingerprint density at radius 1 is 1.06 bits per heavy atom. The average Bonchev–Trinajstić information content (AvgIpc) is 2.83. The maximum atomic E-state index is 11.9. The molecule has 0 aliphatic carbocycles. The van der Waals surface area contributed by atoms with Gasteiger partial charge in [-0.3, -0.25) is 14.4 Å². The van der Waals surface area contributed by atoms with Crippen molar-refractivity contribution in [1.29, 1.82) is 0 Å². The fraction of sp³-hybridized carbons (Fsp3) is 0.476. The van der Waals surface area contributed by atoms with E-state index in [1.165, 1.54) is 14.0 Å². The summed E-state index contributed by atoms with van der Waals surface area (Å²) in [7, 11) is 1.19. The molecule has 1 aromatic rings. The van der Waals surface area contributed by atoms with E-state index in [2.05, 4.69) is 26.0 Å². The first-order valence-electron chi connectivity index (χ1n) is 10.3. The van der Waals surface area contributed by atoms with Gasteiger partial charge in [-0.15, -0.1) is 0 Å². The largest absolute Gasteiger partial charge is 0.467 e. The molecule has 2 rings (SSSR count). The third kappa shape index (κ3) is 9.42. The zero-order valence-corrected chi connectivity index (χ0v) is 19.1. The Labute approximate surface area is 196 Å². The van der Waals surface area contributed by atoms with E-state index in [4.69, 9.17) is 9.84 Å². The molecule has 1 aromatic carbocycles. The van der Waals surface area contributed by atoms with Gasteiger partial charge in [0.25, 0.3) is 0 Å². The molecular weight excluding hydrogens is 452 g/mol. The maximum Gasteiger partial charge on any atom is 0.408 e. The molecule has 13 heteroatoms. The van der Waals surface area contributed by atoms with Crippen molar-refractivity contribution < 1.29 is 43.7 Å². The monoisotopic (exact) mass is 482 g/mol. The summed E-state index contributed by atoms with van der Waals surface area (Å²) in [5.74, 6) is -1.95. The Morgan fingerprint density at radius 2 is 1.71 bits per heavy atom. The minimum atomic E-state index is -1.23. The van der Waals surface area contributed by atoms with Crippen LogP contribution in [0.3, 0.4) is 0 Å². The molecule has 1 aliphatic heterocycles. The van der Waals surface area contributed by atoms with Crippen molar-refractivity contribution in [2.24, 2.45) is 0 Å². The molecule has 0 spiro atoms. The van der Waals surface area contributed by atoms with Gasteiger partial charge >= 0.3 is 12.1 Å². The quantitative estimate of drug-likeness (QED) is 0.226. The van der Waals surface area contributed by atoms with E-state index >= 15 is 0 Å². The lowest BCUT2D eigenvalue weighted by Crippen LogP contribution is -2.61. The number of carbonyl (C=O) groups excluding carboxylic acids is 5. The van der Waals surface area contributed by atoms with Crippen LogP contribution in [-0.2, 0) is 35.3 Å². The van der Waals surface area contributed by atoms with Crippen LogP contribution >= 0.6 is 0 Å². The van der Waals surface area contributed by atoms with Crippen molar-refractivity contribution in [3.05, 3.63) is 35.9 Å². The molecule has 34 heavy (non-hydrogen) atoms. The number of hydrogen-bond acceptors (Lipinski definition) is 9. The Hall–Kier alpha value is -3.71. The van der Waals surface area contributed by atoms with Crippen molar-refractivity contribution in [2.45, 2.75) is 44.6 Å². The highest BCUT2D eigenvalue weighted by Gasteiger charge is 2.30. The molecule has 0 unspecified atom stereocenters. The molecule has 0 saturated carbocycles. The molecule has 13 nitrogen and oxygen atoms in total. The second kappa shape index (κ2) is 14.4. The van der Waals surface area contributed by atoms with Crippen molar-refractivity contribution in [3.8, 4) is 0 Å². The van der Waals surface area contributed by atoms with Gasteiger partial charge in [-0.1, -0.05) is 30.3 Å². The number of alkyl carbamates (subject to hydrolysis) is 1. The first-order chi connectivity index (χ1) is 16.1. The highest BCUT2D eigenvalue weighted by Crippen LogP contribution is 2.01. The van der Waals surface area contributed by atoms with Crippen LogP contribution < -0.4 is 21.3 Å². The van der Waals surface area contributed by atoms with Gasteiger partial charge in [0.15, 0.2) is 0 Å². The number of hydrogen-bond donors (Lipinski definition) is 6. The molecule has 1 fully saturated rings. The van der Waals surface area contributed by atoms with Gasteiger partial charge in [0.05, 0.1) is 20.3 Å². The lowest BCUT2D eigenvalue weighted by Gasteiger charge is -2.25. The second-order valence-corrected chi connectivity index (χ2v) is 7.17. The van der Waals surface area contributed by atoms with Crippen molar-refractivity contribution in [1.82, 2.24) is 21.3 Å². The lowest BCUT2D eigenvalue weighted by atomic mass is 10.1. The average molecular weight is 482 g/mol. The van der Waals surface area contributed by atoms with Crippen molar-refractivity contribution in [2.75, 3.05) is 20.3 Å². The smallest absolute Gasteiger partial charge is 0.408 e. The molecule has 1 saturated heterocycles. The molecule has 0 radical (unpaired) electrons. The number of ether oxygens (including phenoxy) is 2. The van der Waals surface area contributed by atoms with Crippen LogP contribution in [0, 0.1) is 0 Å². The van der Waals surface area contributed by atoms with E-state index in [0.29, 0.717) is 0 Å². The number of piperazine rings is 1. The van der Waals surface area contributed by atoms with E-state index in [1.54, 1.807) is 31.2 Å². The maximum absolute atomic E-state index is 11.9. The van der Waals surface area contributed by atoms with Gasteiger partial charge in [-0.2, -0.15) is 0 Å². The zero-order valence-electron chi connectivity index (χ0n) is 19.1. The van der Waals surface area contributed by atoms with Crippen molar-refractivity contribution in [3.63, 3.8) is 0 Å². The predicted molar refractivity (Wildman–Crippen MR) is 117 cm³/mol. The summed E-state index contributed by atoms with van der Waals surface area (Å²) < 4.78 is 9.42. The van der Waals surface area contributed by atoms with Crippen LogP contribution in [0.2, 0.25) is 0 Å². The van der Waals surface area contributed by atoms with E-state index in [0.717, 1.165) is 5.56 Å². The van der Waals surface area contributed by atoms with E-state index in [1.807, 2.05) is 6.07 Å². The van der Waals surface area contributed by atoms with Crippen LogP contribution in [0.1, 0.15) is 19.4 Å². The minimum Gasteiger partial charge on any atom is -0.467 e. The summed E-state index contributed by atoms with van der Waals surface area (Å²) in [6.07, 6.45) is -0.853. The van der Waals surface area contributed by atoms with Crippen molar-refractivity contribution >= 4 is 29.8 Å². The number of nitrogens with one attached hydrogen (secondary N) is 4. The molecule has 4 atom stereocenters. The lowest BCUT2D eigenvalue weighted by molar-refractivity contribution is -0.144. The molecule has 4 amide bonds. The molecular formula is C21H30N4O9. The number of benzene rings is 1. The van der Waals surface area contributed by atoms with Crippen LogP contribution in [0.25, 0.3) is 0 Å². The van der Waals surface area contributed by atoms with Crippen LogP contribution in [-0.4, -0.2) is 84.5 Å². The fourth-order valence-corrected chi connectivity index (χ4v) is 2.52. The molecule has 0 aromatic heterocycles. The topological polar surface area (TPSA) is 192 Å². The zero-order chi connectivity index (χ0) is 25.7. The summed E-state index contributed by atoms with van der Waals surface area (Å²) in [5, 5.41) is 27.1. The first-order valence-corrected chi connectivity index (χ1v) is 10.3. The van der Waals surface area contributed by atoms with Gasteiger partial charge in [0.1, 0.15) is 30.8 Å². The summed E-state index contributed by atoms with van der Waals surface area (Å²) >= 11 is 0. The predicted octanol–water partition coefficient (Wildman–Crippen LogP) is -2.07. The van der Waals surface area contributed by atoms with Gasteiger partial charge in [-0.05, 0) is 19.4 Å². The molecule has 0 bridgehead atoms. The van der Waals surface area contributed by atoms with Gasteiger partial charge < -0.3 is 41.0 Å². The molecule has 6 N–H and O–H groups in total. The number of carbonyl (C=O) groups is 5. The summed E-state index contributed by atoms with van der Waals surface area (Å²) in [6, 6.07) is 5.59. The Bertz CT molecular complexity index is 850. The standard InChI is InChI=1S/C15H20N2O6.C6H10N2O3/c1-10(14(20)22-2)16-13(19)12(8-18)17-15(21)23-9-11-6-4-3-5-7-11;1-3-5(10)8-4(2-9)6(11)7-3/h3-7,10,12,18H,8-9H2,1-2H3,(H,16,19)(H,17,21);3-4,9H,2H2,1H3,(H,7,11)(H,8,10)/t10-,12+;3-,4+/m11/s1. The molecule has 188 valence electrons. The van der Waals surface area contributed by atoms with Gasteiger partial charge in [0, 0.05) is 0 Å². The number of rotatable bonds is 8. The highest BCUT2D eigenvalue weighted by molar-refractivity contribution is 5.96. The van der Waals surface area contributed by atoms with Crippen LogP contribution in [0.15, 0.2) is 30.3 Å². The van der Waals surface area contributed by atoms with Gasteiger partial charge in [0.2, 0.25) is 17.7 Å². The minimum absolute atomic E-state index is 0.0327. The summed E-state index contributed by atoms with van der Waals surface area (Å²) in [5.41, 5.74) is 0.784. The SMILES string of the molecule is COC(=O)[C@@H](C)NC(=O)[C@H](CO)NC(=O)OCc1ccccc1.C[C@H]1NC(=O)[C@H](CO)NC1=O. The number of aliphatic hydroxyl groups excluding tert-OH is 2. The van der Waals surface area contributed by atoms with E-state index < -0.39 is 48.7 Å². The molecule has 1 aliphatic rings. The number of methoxy groups -OCH3 is 1. The highest BCUT2D eigenvalue weighted by atomic mass is 16.5. The Balaban J connectivity index is 0.000000437. The number of aliphatic hydroxyl groups is 2.